The highest BCUT2D eigenvalue weighted by Gasteiger charge is 2.21. The van der Waals surface area contributed by atoms with Crippen molar-refractivity contribution in [1.29, 1.82) is 0 Å². The molecule has 0 unspecified atom stereocenters. The molecule has 4 N–H and O–H groups in total. The van der Waals surface area contributed by atoms with Gasteiger partial charge >= 0.3 is 0 Å². The quantitative estimate of drug-likeness (QED) is 0.292. The second-order valence-corrected chi connectivity index (χ2v) is 5.27. The molecule has 0 saturated heterocycles. The minimum atomic E-state index is -0.333. The molecule has 0 aliphatic carbocycles. The van der Waals surface area contributed by atoms with Crippen LogP contribution in [0.25, 0.3) is 11.0 Å². The Morgan fingerprint density at radius 1 is 1.26 bits per heavy atom. The molecule has 118 valence electrons. The van der Waals surface area contributed by atoms with E-state index in [9.17, 15) is 0 Å². The molecule has 6 nitrogen and oxygen atoms in total. The molecule has 23 heavy (non-hydrogen) atoms. The maximum atomic E-state index is 9.10. The van der Waals surface area contributed by atoms with E-state index in [1.807, 2.05) is 48.5 Å². The number of aromatic nitrogens is 2. The van der Waals surface area contributed by atoms with Crippen LogP contribution in [0.2, 0.25) is 0 Å². The minimum absolute atomic E-state index is 0.125. The molecule has 0 saturated carbocycles. The third-order valence-electron chi connectivity index (χ3n) is 3.81. The first kappa shape index (κ1) is 14.9. The number of imidazole rings is 1. The molecule has 0 bridgehead atoms. The number of ether oxygens (including phenoxy) is 1. The molecule has 3 rings (SSSR count). The molecule has 3 aromatic rings. The summed E-state index contributed by atoms with van der Waals surface area (Å²) in [5.74, 6) is 1.26. The number of aromatic amines is 1. The number of benzene rings is 2. The first-order chi connectivity index (χ1) is 11.2. The number of hydrogen-bond donors (Lipinski definition) is 3. The normalized spacial score (nSPS) is 13.2. The van der Waals surface area contributed by atoms with Gasteiger partial charge in [-0.1, -0.05) is 29.4 Å². The van der Waals surface area contributed by atoms with Gasteiger partial charge in [-0.05, 0) is 36.2 Å². The molecule has 0 radical (unpaired) electrons. The maximum absolute atomic E-state index is 9.10. The summed E-state index contributed by atoms with van der Waals surface area (Å²) in [5.41, 5.74) is 8.71. The summed E-state index contributed by atoms with van der Waals surface area (Å²) >= 11 is 0. The zero-order valence-electron chi connectivity index (χ0n) is 12.7. The molecule has 2 aromatic carbocycles. The number of nitrogens with zero attached hydrogens (tertiary/aromatic N) is 2. The SMILES string of the molecule is COc1ccc(C[C@@H](/C(N)=N\O)c2nc3ccccc3[nH]2)cc1. The van der Waals surface area contributed by atoms with Gasteiger partial charge < -0.3 is 20.7 Å². The molecule has 0 fully saturated rings. The van der Waals surface area contributed by atoms with Crippen molar-refractivity contribution in [3.8, 4) is 5.75 Å². The third kappa shape index (κ3) is 3.11. The summed E-state index contributed by atoms with van der Waals surface area (Å²) in [4.78, 5) is 7.81. The van der Waals surface area contributed by atoms with E-state index in [1.54, 1.807) is 7.11 Å². The van der Waals surface area contributed by atoms with Gasteiger partial charge in [0.05, 0.1) is 24.1 Å². The molecule has 1 heterocycles. The van der Waals surface area contributed by atoms with Crippen molar-refractivity contribution >= 4 is 16.9 Å². The highest BCUT2D eigenvalue weighted by molar-refractivity contribution is 5.87. The van der Waals surface area contributed by atoms with Gasteiger partial charge in [0.15, 0.2) is 0 Å². The van der Waals surface area contributed by atoms with E-state index in [4.69, 9.17) is 15.7 Å². The largest absolute Gasteiger partial charge is 0.497 e. The predicted octanol–water partition coefficient (Wildman–Crippen LogP) is 2.64. The molecule has 0 aliphatic heterocycles. The average Bonchev–Trinajstić information content (AvgIpc) is 3.03. The highest BCUT2D eigenvalue weighted by atomic mass is 16.5. The highest BCUT2D eigenvalue weighted by Crippen LogP contribution is 2.23. The second kappa shape index (κ2) is 6.39. The van der Waals surface area contributed by atoms with Crippen LogP contribution in [0, 0.1) is 0 Å². The smallest absolute Gasteiger partial charge is 0.150 e. The summed E-state index contributed by atoms with van der Waals surface area (Å²) in [7, 11) is 1.63. The zero-order chi connectivity index (χ0) is 16.2. The van der Waals surface area contributed by atoms with Gasteiger partial charge in [0.2, 0.25) is 0 Å². The van der Waals surface area contributed by atoms with E-state index >= 15 is 0 Å². The summed E-state index contributed by atoms with van der Waals surface area (Å²) in [6.45, 7) is 0. The van der Waals surface area contributed by atoms with E-state index in [2.05, 4.69) is 15.1 Å². The Kier molecular flexibility index (Phi) is 4.14. The molecule has 0 aliphatic rings. The van der Waals surface area contributed by atoms with Crippen LogP contribution in [0.15, 0.2) is 53.7 Å². The van der Waals surface area contributed by atoms with Crippen molar-refractivity contribution in [2.45, 2.75) is 12.3 Å². The molecule has 1 aromatic heterocycles. The Bertz CT molecular complexity index is 791. The number of methoxy groups -OCH3 is 1. The maximum Gasteiger partial charge on any atom is 0.150 e. The number of fused-ring (bicyclic) bond motifs is 1. The number of nitrogens with two attached hydrogens (primary N) is 1. The fraction of sp³-hybridized carbons (Fsp3) is 0.176. The van der Waals surface area contributed by atoms with Crippen LogP contribution in [0.1, 0.15) is 17.3 Å². The Labute approximate surface area is 133 Å². The Balaban J connectivity index is 1.93. The first-order valence-corrected chi connectivity index (χ1v) is 7.26. The molecular formula is C17H18N4O2. The van der Waals surface area contributed by atoms with Crippen LogP contribution in [-0.2, 0) is 6.42 Å². The van der Waals surface area contributed by atoms with Gasteiger partial charge in [0.1, 0.15) is 17.4 Å². The van der Waals surface area contributed by atoms with Crippen LogP contribution in [-0.4, -0.2) is 28.1 Å². The Hall–Kier alpha value is -3.02. The lowest BCUT2D eigenvalue weighted by Gasteiger charge is -2.13. The van der Waals surface area contributed by atoms with Gasteiger partial charge in [-0.25, -0.2) is 4.98 Å². The van der Waals surface area contributed by atoms with Gasteiger partial charge in [-0.15, -0.1) is 0 Å². The van der Waals surface area contributed by atoms with E-state index in [-0.39, 0.29) is 11.8 Å². The van der Waals surface area contributed by atoms with Crippen molar-refractivity contribution in [2.75, 3.05) is 7.11 Å². The van der Waals surface area contributed by atoms with Gasteiger partial charge in [0.25, 0.3) is 0 Å². The van der Waals surface area contributed by atoms with Crippen molar-refractivity contribution in [3.63, 3.8) is 0 Å². The monoisotopic (exact) mass is 310 g/mol. The Morgan fingerprint density at radius 2 is 2.00 bits per heavy atom. The van der Waals surface area contributed by atoms with Crippen molar-refractivity contribution < 1.29 is 9.94 Å². The van der Waals surface area contributed by atoms with Crippen LogP contribution in [0.5, 0.6) is 5.75 Å². The first-order valence-electron chi connectivity index (χ1n) is 7.26. The Morgan fingerprint density at radius 3 is 2.65 bits per heavy atom. The lowest BCUT2D eigenvalue weighted by Crippen LogP contribution is -2.24. The fourth-order valence-electron chi connectivity index (χ4n) is 2.55. The molecule has 1 atom stereocenters. The van der Waals surface area contributed by atoms with Crippen molar-refractivity contribution in [2.24, 2.45) is 10.9 Å². The number of amidine groups is 1. The standard InChI is InChI=1S/C17H18N4O2/c1-23-12-8-6-11(7-9-12)10-13(16(18)21-22)17-19-14-4-2-3-5-15(14)20-17/h2-9,13,22H,10H2,1H3,(H2,18,21)(H,19,20)/t13-/m0/s1. The number of rotatable bonds is 5. The summed E-state index contributed by atoms with van der Waals surface area (Å²) in [6, 6.07) is 15.4. The summed E-state index contributed by atoms with van der Waals surface area (Å²) < 4.78 is 5.16. The van der Waals surface area contributed by atoms with E-state index < -0.39 is 0 Å². The number of para-hydroxylation sites is 2. The topological polar surface area (TPSA) is 96.5 Å². The van der Waals surface area contributed by atoms with Gasteiger partial charge in [0, 0.05) is 0 Å². The van der Waals surface area contributed by atoms with Crippen LogP contribution >= 0.6 is 0 Å². The average molecular weight is 310 g/mol. The van der Waals surface area contributed by atoms with Crippen molar-refractivity contribution in [1.82, 2.24) is 9.97 Å². The predicted molar refractivity (Wildman–Crippen MR) is 88.9 cm³/mol. The number of H-pyrrole nitrogens is 1. The second-order valence-electron chi connectivity index (χ2n) is 5.27. The van der Waals surface area contributed by atoms with Crippen LogP contribution in [0.4, 0.5) is 0 Å². The van der Waals surface area contributed by atoms with E-state index in [0.29, 0.717) is 12.2 Å². The number of oxime groups is 1. The number of hydrogen-bond acceptors (Lipinski definition) is 4. The minimum Gasteiger partial charge on any atom is -0.497 e. The summed E-state index contributed by atoms with van der Waals surface area (Å²) in [6.07, 6.45) is 0.569. The van der Waals surface area contributed by atoms with Crippen molar-refractivity contribution in [3.05, 3.63) is 59.9 Å². The fourth-order valence-corrected chi connectivity index (χ4v) is 2.55. The molecular weight excluding hydrogens is 292 g/mol. The van der Waals surface area contributed by atoms with Crippen LogP contribution in [0.3, 0.4) is 0 Å². The molecule has 0 spiro atoms. The number of nitrogens with one attached hydrogen (secondary N) is 1. The van der Waals surface area contributed by atoms with E-state index in [1.165, 1.54) is 0 Å². The van der Waals surface area contributed by atoms with E-state index in [0.717, 1.165) is 22.3 Å². The zero-order valence-corrected chi connectivity index (χ0v) is 12.7. The third-order valence-corrected chi connectivity index (χ3v) is 3.81. The lowest BCUT2D eigenvalue weighted by molar-refractivity contribution is 0.315. The van der Waals surface area contributed by atoms with Crippen LogP contribution < -0.4 is 10.5 Å². The summed E-state index contributed by atoms with van der Waals surface area (Å²) in [5, 5.41) is 12.3. The molecule has 0 amide bonds. The van der Waals surface area contributed by atoms with Gasteiger partial charge in [-0.3, -0.25) is 0 Å². The van der Waals surface area contributed by atoms with Gasteiger partial charge in [-0.2, -0.15) is 0 Å². The molecule has 6 heteroatoms. The lowest BCUT2D eigenvalue weighted by atomic mass is 9.97.